The van der Waals surface area contributed by atoms with Gasteiger partial charge in [-0.1, -0.05) is 18.6 Å². The molecule has 3 amide bonds. The second-order valence-corrected chi connectivity index (χ2v) is 9.94. The number of rotatable bonds is 8. The molecule has 6 atom stereocenters. The Labute approximate surface area is 201 Å². The van der Waals surface area contributed by atoms with Crippen molar-refractivity contribution in [3.05, 3.63) is 35.6 Å². The molecule has 0 bridgehead atoms. The zero-order chi connectivity index (χ0) is 25.3. The number of carbonyl (C=O) groups is 4. The number of likely N-dealkylation sites (tertiary alicyclic amines) is 1. The number of carbonyl (C=O) groups excluding carboxylic acids is 4. The first-order chi connectivity index (χ1) is 16.6. The number of nitrogens with one attached hydrogen (secondary N) is 2. The number of hydrogen-bond acceptors (Lipinski definition) is 4. The third-order valence-corrected chi connectivity index (χ3v) is 7.71. The fourth-order valence-corrected chi connectivity index (χ4v) is 5.80. The summed E-state index contributed by atoms with van der Waals surface area (Å²) in [5, 5.41) is 5.22. The normalized spacial score (nSPS) is 28.2. The van der Waals surface area contributed by atoms with E-state index >= 15 is 4.39 Å². The average Bonchev–Trinajstić information content (AvgIpc) is 3.53. The first-order valence-electron chi connectivity index (χ1n) is 12.1. The van der Waals surface area contributed by atoms with E-state index in [9.17, 15) is 28.0 Å². The van der Waals surface area contributed by atoms with Gasteiger partial charge in [0.15, 0.2) is 5.78 Å². The first-order valence-corrected chi connectivity index (χ1v) is 12.1. The van der Waals surface area contributed by atoms with E-state index in [-0.39, 0.29) is 36.3 Å². The maximum Gasteiger partial charge on any atom is 0.265 e. The van der Waals surface area contributed by atoms with E-state index in [0.29, 0.717) is 19.4 Å². The highest BCUT2D eigenvalue weighted by Gasteiger charge is 2.53. The van der Waals surface area contributed by atoms with Crippen LogP contribution in [0.3, 0.4) is 0 Å². The zero-order valence-corrected chi connectivity index (χ0v) is 19.6. The largest absolute Gasteiger partial charge is 0.356 e. The van der Waals surface area contributed by atoms with Crippen LogP contribution in [-0.2, 0) is 24.8 Å². The van der Waals surface area contributed by atoms with E-state index in [1.54, 1.807) is 0 Å². The SMILES string of the molecule is CC(F)(C(=O)N1C[C@@H]2CCC[C@@H]2[C@H]1C(=O)N[C@@H](C[C@@H]1CCNC1=O)C(=O)CF)c1cccc(F)c1. The Bertz CT molecular complexity index is 1020. The Morgan fingerprint density at radius 1 is 1.26 bits per heavy atom. The van der Waals surface area contributed by atoms with E-state index in [0.717, 1.165) is 31.9 Å². The lowest BCUT2D eigenvalue weighted by Gasteiger charge is -2.33. The molecule has 1 unspecified atom stereocenters. The van der Waals surface area contributed by atoms with Crippen LogP contribution in [0.1, 0.15) is 44.6 Å². The maximum atomic E-state index is 15.8. The summed E-state index contributed by atoms with van der Waals surface area (Å²) < 4.78 is 42.8. The Morgan fingerprint density at radius 3 is 2.69 bits per heavy atom. The standard InChI is InChI=1S/C25H30F3N3O4/c1-25(28,16-5-3-6-17(27)11-16)24(35)31-13-15-4-2-7-18(15)21(31)23(34)30-19(20(32)12-26)10-14-8-9-29-22(14)33/h3,5-6,11,14-15,18-19,21H,2,4,7-10,12-13H2,1H3,(H,29,33)(H,30,34)/t14-,15-,18-,19-,21-,25?/m0/s1. The zero-order valence-electron chi connectivity index (χ0n) is 19.6. The smallest absolute Gasteiger partial charge is 0.265 e. The Balaban J connectivity index is 1.57. The number of Topliss-reactive ketones (excluding diaryl/α,β-unsaturated/α-hetero) is 1. The fourth-order valence-electron chi connectivity index (χ4n) is 5.80. The first kappa shape index (κ1) is 25.2. The van der Waals surface area contributed by atoms with Crippen molar-refractivity contribution >= 4 is 23.5 Å². The van der Waals surface area contributed by atoms with Gasteiger partial charge in [-0.15, -0.1) is 0 Å². The molecule has 2 N–H and O–H groups in total. The van der Waals surface area contributed by atoms with E-state index in [1.165, 1.54) is 17.0 Å². The summed E-state index contributed by atoms with van der Waals surface area (Å²) >= 11 is 0. The highest BCUT2D eigenvalue weighted by atomic mass is 19.1. The number of nitrogens with zero attached hydrogens (tertiary/aromatic N) is 1. The summed E-state index contributed by atoms with van der Waals surface area (Å²) in [6.07, 6.45) is 2.71. The van der Waals surface area contributed by atoms with Crippen molar-refractivity contribution in [3.8, 4) is 0 Å². The summed E-state index contributed by atoms with van der Waals surface area (Å²) in [6.45, 7) is 0.350. The van der Waals surface area contributed by atoms with Gasteiger partial charge in [-0.25, -0.2) is 13.2 Å². The monoisotopic (exact) mass is 493 g/mol. The summed E-state index contributed by atoms with van der Waals surface area (Å²) in [4.78, 5) is 52.3. The molecule has 1 saturated carbocycles. The van der Waals surface area contributed by atoms with E-state index in [4.69, 9.17) is 0 Å². The molecule has 0 aromatic heterocycles. The minimum Gasteiger partial charge on any atom is -0.356 e. The second-order valence-electron chi connectivity index (χ2n) is 9.94. The topological polar surface area (TPSA) is 95.6 Å². The van der Waals surface area contributed by atoms with Crippen LogP contribution in [0.5, 0.6) is 0 Å². The summed E-state index contributed by atoms with van der Waals surface area (Å²) in [7, 11) is 0. The summed E-state index contributed by atoms with van der Waals surface area (Å²) in [5.74, 6) is -4.17. The molecule has 3 aliphatic rings. The van der Waals surface area contributed by atoms with Crippen LogP contribution in [-0.4, -0.2) is 60.3 Å². The van der Waals surface area contributed by atoms with Crippen molar-refractivity contribution in [2.75, 3.05) is 19.8 Å². The number of alkyl halides is 2. The Hall–Kier alpha value is -2.91. The lowest BCUT2D eigenvalue weighted by atomic mass is 9.91. The van der Waals surface area contributed by atoms with Gasteiger partial charge < -0.3 is 15.5 Å². The molecule has 2 aliphatic heterocycles. The van der Waals surface area contributed by atoms with Gasteiger partial charge >= 0.3 is 0 Å². The highest BCUT2D eigenvalue weighted by molar-refractivity contribution is 5.96. The quantitative estimate of drug-likeness (QED) is 0.581. The molecule has 10 heteroatoms. The number of ketones is 1. The van der Waals surface area contributed by atoms with Crippen molar-refractivity contribution in [1.29, 1.82) is 0 Å². The molecule has 3 fully saturated rings. The van der Waals surface area contributed by atoms with Crippen LogP contribution in [0.2, 0.25) is 0 Å². The Kier molecular flexibility index (Phi) is 7.19. The molecule has 2 saturated heterocycles. The third kappa shape index (κ3) is 4.92. The average molecular weight is 494 g/mol. The lowest BCUT2D eigenvalue weighted by Crippen LogP contribution is -2.55. The number of halogens is 3. The van der Waals surface area contributed by atoms with E-state index in [1.807, 2.05) is 0 Å². The van der Waals surface area contributed by atoms with Crippen molar-refractivity contribution in [2.45, 2.75) is 56.8 Å². The van der Waals surface area contributed by atoms with Crippen LogP contribution < -0.4 is 10.6 Å². The van der Waals surface area contributed by atoms with Crippen molar-refractivity contribution < 1.29 is 32.3 Å². The minimum absolute atomic E-state index is 0.00561. The van der Waals surface area contributed by atoms with E-state index in [2.05, 4.69) is 10.6 Å². The molecule has 0 radical (unpaired) electrons. The Morgan fingerprint density at radius 2 is 2.03 bits per heavy atom. The van der Waals surface area contributed by atoms with Gasteiger partial charge in [0.1, 0.15) is 18.5 Å². The lowest BCUT2D eigenvalue weighted by molar-refractivity contribution is -0.149. The molecule has 7 nitrogen and oxygen atoms in total. The van der Waals surface area contributed by atoms with Gasteiger partial charge in [-0.05, 0) is 56.6 Å². The predicted octanol–water partition coefficient (Wildman–Crippen LogP) is 2.19. The predicted molar refractivity (Wildman–Crippen MR) is 120 cm³/mol. The second kappa shape index (κ2) is 9.99. The molecule has 190 valence electrons. The van der Waals surface area contributed by atoms with Crippen molar-refractivity contribution in [1.82, 2.24) is 15.5 Å². The molecular formula is C25H30F3N3O4. The van der Waals surface area contributed by atoms with Crippen LogP contribution in [0.15, 0.2) is 24.3 Å². The van der Waals surface area contributed by atoms with Crippen LogP contribution in [0.25, 0.3) is 0 Å². The molecule has 1 aromatic carbocycles. The molecule has 1 aliphatic carbocycles. The van der Waals surface area contributed by atoms with Crippen LogP contribution in [0, 0.1) is 23.6 Å². The fraction of sp³-hybridized carbons (Fsp3) is 0.600. The van der Waals surface area contributed by atoms with Crippen molar-refractivity contribution in [3.63, 3.8) is 0 Å². The third-order valence-electron chi connectivity index (χ3n) is 7.71. The van der Waals surface area contributed by atoms with Gasteiger partial charge in [0.2, 0.25) is 17.5 Å². The highest BCUT2D eigenvalue weighted by Crippen LogP contribution is 2.44. The summed E-state index contributed by atoms with van der Waals surface area (Å²) in [6, 6.07) is 2.46. The van der Waals surface area contributed by atoms with Crippen molar-refractivity contribution in [2.24, 2.45) is 17.8 Å². The number of benzene rings is 1. The molecular weight excluding hydrogens is 463 g/mol. The molecule has 35 heavy (non-hydrogen) atoms. The maximum absolute atomic E-state index is 15.8. The molecule has 0 spiro atoms. The summed E-state index contributed by atoms with van der Waals surface area (Å²) in [5.41, 5.74) is -2.73. The van der Waals surface area contributed by atoms with Gasteiger partial charge in [0.05, 0.1) is 6.04 Å². The molecule has 2 heterocycles. The minimum atomic E-state index is -2.57. The van der Waals surface area contributed by atoms with Crippen LogP contribution >= 0.6 is 0 Å². The molecule has 4 rings (SSSR count). The van der Waals surface area contributed by atoms with Gasteiger partial charge in [0, 0.05) is 24.6 Å². The molecule has 1 aromatic rings. The van der Waals surface area contributed by atoms with Gasteiger partial charge in [-0.3, -0.25) is 19.2 Å². The van der Waals surface area contributed by atoms with Gasteiger partial charge in [-0.2, -0.15) is 0 Å². The van der Waals surface area contributed by atoms with E-state index < -0.39 is 53.8 Å². The number of fused-ring (bicyclic) bond motifs is 1. The van der Waals surface area contributed by atoms with Crippen LogP contribution in [0.4, 0.5) is 13.2 Å². The number of hydrogen-bond donors (Lipinski definition) is 2. The number of amides is 3. The van der Waals surface area contributed by atoms with Gasteiger partial charge in [0.25, 0.3) is 5.91 Å².